The van der Waals surface area contributed by atoms with Crippen molar-refractivity contribution >= 4 is 28.6 Å². The van der Waals surface area contributed by atoms with E-state index in [0.717, 1.165) is 38.9 Å². The summed E-state index contributed by atoms with van der Waals surface area (Å²) in [4.78, 5) is 41.0. The van der Waals surface area contributed by atoms with E-state index in [1.807, 2.05) is 43.4 Å². The molecule has 4 aromatic carbocycles. The number of para-hydroxylation sites is 1. The molecule has 2 heterocycles. The fourth-order valence-corrected chi connectivity index (χ4v) is 5.59. The minimum Gasteiger partial charge on any atom is -0.343 e. The van der Waals surface area contributed by atoms with Gasteiger partial charge in [-0.05, 0) is 42.3 Å². The second-order valence-electron chi connectivity index (χ2n) is 10.00. The number of fused-ring (bicyclic) bond motifs is 2. The molecule has 2 N–H and O–H groups in total. The van der Waals surface area contributed by atoms with Gasteiger partial charge < -0.3 is 9.47 Å². The Morgan fingerprint density at radius 1 is 0.800 bits per heavy atom. The highest BCUT2D eigenvalue weighted by Gasteiger charge is 2.41. The number of hydrazine groups is 1. The number of aryl methyl sites for hydroxylation is 2. The van der Waals surface area contributed by atoms with Crippen molar-refractivity contribution in [1.29, 1.82) is 0 Å². The van der Waals surface area contributed by atoms with E-state index in [1.165, 1.54) is 0 Å². The van der Waals surface area contributed by atoms with Crippen molar-refractivity contribution in [2.24, 2.45) is 7.05 Å². The Kier molecular flexibility index (Phi) is 6.40. The Balaban J connectivity index is 1.41. The Bertz CT molecular complexity index is 1760. The van der Waals surface area contributed by atoms with Gasteiger partial charge in [0.1, 0.15) is 6.54 Å². The molecule has 1 aliphatic heterocycles. The molecule has 0 bridgehead atoms. The zero-order valence-electron chi connectivity index (χ0n) is 22.2. The van der Waals surface area contributed by atoms with E-state index in [4.69, 9.17) is 0 Å². The molecule has 0 aliphatic carbocycles. The molecule has 0 radical (unpaired) electrons. The summed E-state index contributed by atoms with van der Waals surface area (Å²) in [6, 6.07) is 32.1. The Labute approximate surface area is 232 Å². The quantitative estimate of drug-likeness (QED) is 0.309. The molecular formula is C33H28N4O3. The predicted molar refractivity (Wildman–Crippen MR) is 154 cm³/mol. The summed E-state index contributed by atoms with van der Waals surface area (Å²) in [6.07, 6.45) is 0. The predicted octanol–water partition coefficient (Wildman–Crippen LogP) is 5.16. The highest BCUT2D eigenvalue weighted by molar-refractivity contribution is 6.04. The van der Waals surface area contributed by atoms with Gasteiger partial charge in [0.25, 0.3) is 17.7 Å². The third kappa shape index (κ3) is 4.31. The smallest absolute Gasteiger partial charge is 0.269 e. The lowest BCUT2D eigenvalue weighted by Gasteiger charge is -2.26. The topological polar surface area (TPSA) is 83.4 Å². The first-order valence-corrected chi connectivity index (χ1v) is 13.1. The Hall–Kier alpha value is -5.17. The molecule has 3 amide bonds. The van der Waals surface area contributed by atoms with E-state index < -0.39 is 17.9 Å². The van der Waals surface area contributed by atoms with E-state index in [1.54, 1.807) is 35.2 Å². The van der Waals surface area contributed by atoms with Gasteiger partial charge in [-0.3, -0.25) is 25.2 Å². The van der Waals surface area contributed by atoms with Crippen molar-refractivity contribution in [3.05, 3.63) is 131 Å². The molecule has 40 heavy (non-hydrogen) atoms. The van der Waals surface area contributed by atoms with Crippen molar-refractivity contribution < 1.29 is 14.4 Å². The lowest BCUT2D eigenvalue weighted by Crippen LogP contribution is -2.47. The van der Waals surface area contributed by atoms with Gasteiger partial charge in [-0.15, -0.1) is 0 Å². The highest BCUT2D eigenvalue weighted by Crippen LogP contribution is 2.46. The van der Waals surface area contributed by atoms with Crippen molar-refractivity contribution in [2.75, 3.05) is 6.54 Å². The maximum absolute atomic E-state index is 13.8. The number of carbonyl (C=O) groups is 3. The SMILES string of the molecule is Cc1ccc(-c2c(C3c4ccccc4C(=O)N3CC(=O)NNC(=O)c3ccccc3)c3ccccc3n2C)cc1. The largest absolute Gasteiger partial charge is 0.343 e. The fraction of sp³-hybridized carbons (Fsp3) is 0.121. The summed E-state index contributed by atoms with van der Waals surface area (Å²) >= 11 is 0. The third-order valence-corrected chi connectivity index (χ3v) is 7.47. The van der Waals surface area contributed by atoms with Crippen molar-refractivity contribution in [1.82, 2.24) is 20.3 Å². The number of carbonyl (C=O) groups excluding carboxylic acids is 3. The van der Waals surface area contributed by atoms with Crippen LogP contribution in [-0.2, 0) is 11.8 Å². The first kappa shape index (κ1) is 25.1. The number of nitrogens with one attached hydrogen (secondary N) is 2. The van der Waals surface area contributed by atoms with Crippen molar-refractivity contribution in [2.45, 2.75) is 13.0 Å². The van der Waals surface area contributed by atoms with Crippen LogP contribution < -0.4 is 10.9 Å². The molecule has 5 aromatic rings. The number of benzene rings is 4. The van der Waals surface area contributed by atoms with Crippen LogP contribution >= 0.6 is 0 Å². The lowest BCUT2D eigenvalue weighted by molar-refractivity contribution is -0.122. The van der Waals surface area contributed by atoms with Gasteiger partial charge in [0.15, 0.2) is 0 Å². The van der Waals surface area contributed by atoms with E-state index in [9.17, 15) is 14.4 Å². The first-order chi connectivity index (χ1) is 19.4. The molecule has 0 spiro atoms. The standard InChI is InChI=1S/C33H28N4O3/c1-21-16-18-22(19-17-21)30-29(26-14-8-9-15-27(26)36(30)2)31-24-12-6-7-13-25(24)33(40)37(31)20-28(38)34-35-32(39)23-10-4-3-5-11-23/h3-19,31H,20H2,1-2H3,(H,34,38)(H,35,39). The van der Waals surface area contributed by atoms with E-state index in [-0.39, 0.29) is 12.5 Å². The zero-order valence-corrected chi connectivity index (χ0v) is 22.2. The minimum atomic E-state index is -0.498. The van der Waals surface area contributed by atoms with Gasteiger partial charge >= 0.3 is 0 Å². The van der Waals surface area contributed by atoms with Crippen LogP contribution in [0.3, 0.4) is 0 Å². The molecule has 198 valence electrons. The average Bonchev–Trinajstić information content (AvgIpc) is 3.43. The molecule has 1 atom stereocenters. The van der Waals surface area contributed by atoms with E-state index >= 15 is 0 Å². The summed E-state index contributed by atoms with van der Waals surface area (Å²) < 4.78 is 2.15. The van der Waals surface area contributed by atoms with Crippen LogP contribution in [0.5, 0.6) is 0 Å². The molecule has 1 unspecified atom stereocenters. The molecule has 6 rings (SSSR count). The van der Waals surface area contributed by atoms with Gasteiger partial charge in [-0.25, -0.2) is 0 Å². The molecule has 7 heteroatoms. The maximum atomic E-state index is 13.8. The summed E-state index contributed by atoms with van der Waals surface area (Å²) in [5, 5.41) is 1.01. The second kappa shape index (κ2) is 10.2. The molecule has 7 nitrogen and oxygen atoms in total. The number of hydrogen-bond acceptors (Lipinski definition) is 3. The first-order valence-electron chi connectivity index (χ1n) is 13.1. The highest BCUT2D eigenvalue weighted by atomic mass is 16.2. The van der Waals surface area contributed by atoms with Crippen molar-refractivity contribution in [3.63, 3.8) is 0 Å². The van der Waals surface area contributed by atoms with E-state index in [2.05, 4.69) is 58.7 Å². The lowest BCUT2D eigenvalue weighted by atomic mass is 9.93. The van der Waals surface area contributed by atoms with Gasteiger partial charge in [-0.1, -0.05) is 84.4 Å². The normalized spacial score (nSPS) is 14.3. The number of nitrogens with zero attached hydrogens (tertiary/aromatic N) is 2. The minimum absolute atomic E-state index is 0.229. The van der Waals surface area contributed by atoms with Crippen LogP contribution in [0.25, 0.3) is 22.2 Å². The van der Waals surface area contributed by atoms with Crippen LogP contribution in [0.2, 0.25) is 0 Å². The average molecular weight is 529 g/mol. The monoisotopic (exact) mass is 528 g/mol. The fourth-order valence-electron chi connectivity index (χ4n) is 5.59. The van der Waals surface area contributed by atoms with Gasteiger partial charge in [-0.2, -0.15) is 0 Å². The molecule has 0 saturated heterocycles. The summed E-state index contributed by atoms with van der Waals surface area (Å²) in [5.41, 5.74) is 11.9. The van der Waals surface area contributed by atoms with Crippen LogP contribution in [-0.4, -0.2) is 33.7 Å². The number of rotatable bonds is 5. The molecule has 0 saturated carbocycles. The molecular weight excluding hydrogens is 500 g/mol. The summed E-state index contributed by atoms with van der Waals surface area (Å²) in [6.45, 7) is 1.82. The molecule has 1 aliphatic rings. The molecule has 0 fully saturated rings. The van der Waals surface area contributed by atoms with E-state index in [0.29, 0.717) is 11.1 Å². The van der Waals surface area contributed by atoms with Gasteiger partial charge in [0.2, 0.25) is 0 Å². The van der Waals surface area contributed by atoms with Crippen molar-refractivity contribution in [3.8, 4) is 11.3 Å². The third-order valence-electron chi connectivity index (χ3n) is 7.47. The van der Waals surface area contributed by atoms with Gasteiger partial charge in [0, 0.05) is 34.6 Å². The van der Waals surface area contributed by atoms with Crippen LogP contribution in [0.15, 0.2) is 103 Å². The summed E-state index contributed by atoms with van der Waals surface area (Å²) in [7, 11) is 2.03. The Morgan fingerprint density at radius 3 is 2.25 bits per heavy atom. The zero-order chi connectivity index (χ0) is 27.8. The number of hydrogen-bond donors (Lipinski definition) is 2. The Morgan fingerprint density at radius 2 is 1.48 bits per heavy atom. The van der Waals surface area contributed by atoms with Gasteiger partial charge in [0.05, 0.1) is 11.7 Å². The maximum Gasteiger partial charge on any atom is 0.269 e. The number of aromatic nitrogens is 1. The van der Waals surface area contributed by atoms with Crippen LogP contribution in [0, 0.1) is 6.92 Å². The summed E-state index contributed by atoms with van der Waals surface area (Å²) in [5.74, 6) is -1.15. The number of amides is 3. The second-order valence-corrected chi connectivity index (χ2v) is 10.00. The molecule has 1 aromatic heterocycles. The van der Waals surface area contributed by atoms with Crippen LogP contribution in [0.1, 0.15) is 43.4 Å². The van der Waals surface area contributed by atoms with Crippen LogP contribution in [0.4, 0.5) is 0 Å².